The van der Waals surface area contributed by atoms with Gasteiger partial charge in [0, 0.05) is 17.5 Å². The lowest BCUT2D eigenvalue weighted by Crippen LogP contribution is -2.33. The predicted molar refractivity (Wildman–Crippen MR) is 86.7 cm³/mol. The summed E-state index contributed by atoms with van der Waals surface area (Å²) in [5, 5.41) is 3.50. The quantitative estimate of drug-likeness (QED) is 0.865. The van der Waals surface area contributed by atoms with Crippen LogP contribution in [0.4, 0.5) is 0 Å². The van der Waals surface area contributed by atoms with Crippen molar-refractivity contribution in [1.29, 1.82) is 0 Å². The van der Waals surface area contributed by atoms with Gasteiger partial charge >= 0.3 is 0 Å². The Balaban J connectivity index is 2.29. The molecule has 1 aromatic rings. The molecule has 3 heteroatoms. The lowest BCUT2D eigenvalue weighted by molar-refractivity contribution is 0.0477. The van der Waals surface area contributed by atoms with Crippen LogP contribution in [-0.4, -0.2) is 25.9 Å². The van der Waals surface area contributed by atoms with Crippen LogP contribution in [0.1, 0.15) is 45.7 Å². The molecule has 0 aliphatic carbocycles. The first-order valence-electron chi connectivity index (χ1n) is 8.14. The lowest BCUT2D eigenvalue weighted by Gasteiger charge is -2.30. The van der Waals surface area contributed by atoms with Crippen LogP contribution in [0, 0.1) is 11.8 Å². The van der Waals surface area contributed by atoms with Gasteiger partial charge in [0.1, 0.15) is 5.75 Å². The molecule has 1 aromatic carbocycles. The van der Waals surface area contributed by atoms with Crippen LogP contribution in [0.2, 0.25) is 0 Å². The molecule has 0 aromatic heterocycles. The Kier molecular flexibility index (Phi) is 5.65. The highest BCUT2D eigenvalue weighted by Crippen LogP contribution is 2.42. The van der Waals surface area contributed by atoms with Crippen molar-refractivity contribution in [3.8, 4) is 5.75 Å². The smallest absolute Gasteiger partial charge is 0.124 e. The molecule has 5 atom stereocenters. The largest absolute Gasteiger partial charge is 0.493 e. The first-order chi connectivity index (χ1) is 10.1. The van der Waals surface area contributed by atoms with Gasteiger partial charge in [0.15, 0.2) is 0 Å². The number of nitrogens with one attached hydrogen (secondary N) is 1. The highest BCUT2D eigenvalue weighted by Gasteiger charge is 2.42. The van der Waals surface area contributed by atoms with Crippen LogP contribution in [0.15, 0.2) is 24.3 Å². The average Bonchev–Trinajstić information content (AvgIpc) is 2.73. The summed E-state index contributed by atoms with van der Waals surface area (Å²) in [6.45, 7) is 9.54. The van der Waals surface area contributed by atoms with Gasteiger partial charge in [-0.2, -0.15) is 0 Å². The molecule has 21 heavy (non-hydrogen) atoms. The molecule has 3 nitrogen and oxygen atoms in total. The maximum Gasteiger partial charge on any atom is 0.124 e. The minimum atomic E-state index is 0.256. The second kappa shape index (κ2) is 7.28. The third kappa shape index (κ3) is 3.41. The summed E-state index contributed by atoms with van der Waals surface area (Å²) in [6, 6.07) is 8.64. The Morgan fingerprint density at radius 1 is 1.19 bits per heavy atom. The van der Waals surface area contributed by atoms with Gasteiger partial charge in [-0.15, -0.1) is 0 Å². The Morgan fingerprint density at radius 3 is 2.48 bits per heavy atom. The first kappa shape index (κ1) is 16.3. The Labute approximate surface area is 129 Å². The van der Waals surface area contributed by atoms with E-state index in [4.69, 9.17) is 9.47 Å². The fraction of sp³-hybridized carbons (Fsp3) is 0.667. The summed E-state index contributed by atoms with van der Waals surface area (Å²) < 4.78 is 12.0. The Bertz CT molecular complexity index is 449. The van der Waals surface area contributed by atoms with Gasteiger partial charge in [0.25, 0.3) is 0 Å². The van der Waals surface area contributed by atoms with E-state index < -0.39 is 0 Å². The van der Waals surface area contributed by atoms with Crippen LogP contribution in [0.25, 0.3) is 0 Å². The number of ether oxygens (including phenoxy) is 2. The van der Waals surface area contributed by atoms with Crippen LogP contribution >= 0.6 is 0 Å². The van der Waals surface area contributed by atoms with Gasteiger partial charge in [0.05, 0.1) is 18.8 Å². The summed E-state index contributed by atoms with van der Waals surface area (Å²) in [5.41, 5.74) is 1.25. The summed E-state index contributed by atoms with van der Waals surface area (Å²) in [5.74, 6) is 1.98. The lowest BCUT2D eigenvalue weighted by atomic mass is 9.80. The molecule has 2 rings (SSSR count). The molecule has 1 N–H and O–H groups in total. The molecule has 0 saturated carbocycles. The van der Waals surface area contributed by atoms with Crippen LogP contribution < -0.4 is 10.1 Å². The second-order valence-electron chi connectivity index (χ2n) is 6.14. The van der Waals surface area contributed by atoms with E-state index in [1.165, 1.54) is 5.56 Å². The molecule has 5 unspecified atom stereocenters. The van der Waals surface area contributed by atoms with Gasteiger partial charge in [0.2, 0.25) is 0 Å². The maximum atomic E-state index is 6.03. The topological polar surface area (TPSA) is 30.5 Å². The molecule has 0 bridgehead atoms. The van der Waals surface area contributed by atoms with Crippen LogP contribution in [0.3, 0.4) is 0 Å². The molecule has 1 fully saturated rings. The summed E-state index contributed by atoms with van der Waals surface area (Å²) in [4.78, 5) is 0. The zero-order valence-electron chi connectivity index (χ0n) is 13.9. The SMILES string of the molecule is CCCOc1ccccc1C(NC)C1C(C)OC(C)C1C. The van der Waals surface area contributed by atoms with Crippen LogP contribution in [0.5, 0.6) is 5.75 Å². The van der Waals surface area contributed by atoms with E-state index in [0.29, 0.717) is 17.9 Å². The van der Waals surface area contributed by atoms with Gasteiger partial charge in [-0.25, -0.2) is 0 Å². The second-order valence-corrected chi connectivity index (χ2v) is 6.14. The van der Waals surface area contributed by atoms with E-state index >= 15 is 0 Å². The Hall–Kier alpha value is -1.06. The van der Waals surface area contributed by atoms with Gasteiger partial charge in [-0.1, -0.05) is 32.0 Å². The zero-order valence-corrected chi connectivity index (χ0v) is 13.9. The minimum absolute atomic E-state index is 0.256. The molecule has 1 aliphatic heterocycles. The summed E-state index contributed by atoms with van der Waals surface area (Å²) >= 11 is 0. The molecule has 0 amide bonds. The van der Waals surface area contributed by atoms with E-state index in [1.807, 2.05) is 13.1 Å². The number of hydrogen-bond donors (Lipinski definition) is 1. The van der Waals surface area contributed by atoms with Crippen molar-refractivity contribution in [2.24, 2.45) is 11.8 Å². The highest BCUT2D eigenvalue weighted by atomic mass is 16.5. The molecule has 0 radical (unpaired) electrons. The van der Waals surface area contributed by atoms with Gasteiger partial charge in [-0.3, -0.25) is 0 Å². The van der Waals surface area contributed by atoms with Crippen molar-refractivity contribution < 1.29 is 9.47 Å². The molecule has 1 aliphatic rings. The fourth-order valence-corrected chi connectivity index (χ4v) is 3.50. The van der Waals surface area contributed by atoms with E-state index in [9.17, 15) is 0 Å². The zero-order chi connectivity index (χ0) is 15.4. The third-order valence-corrected chi connectivity index (χ3v) is 4.73. The number of rotatable bonds is 6. The van der Waals surface area contributed by atoms with Crippen molar-refractivity contribution in [2.45, 2.75) is 52.4 Å². The molecule has 0 spiro atoms. The van der Waals surface area contributed by atoms with E-state index in [2.05, 4.69) is 51.2 Å². The van der Waals surface area contributed by atoms with E-state index in [-0.39, 0.29) is 12.1 Å². The number of para-hydroxylation sites is 1. The molecular weight excluding hydrogens is 262 g/mol. The molecule has 1 saturated heterocycles. The average molecular weight is 291 g/mol. The normalized spacial score (nSPS) is 30.3. The third-order valence-electron chi connectivity index (χ3n) is 4.73. The predicted octanol–water partition coefficient (Wildman–Crippen LogP) is 3.80. The van der Waals surface area contributed by atoms with Crippen molar-refractivity contribution >= 4 is 0 Å². The fourth-order valence-electron chi connectivity index (χ4n) is 3.50. The highest BCUT2D eigenvalue weighted by molar-refractivity contribution is 5.36. The van der Waals surface area contributed by atoms with Gasteiger partial charge in [-0.05, 0) is 39.3 Å². The Morgan fingerprint density at radius 2 is 1.90 bits per heavy atom. The molecule has 118 valence electrons. The maximum absolute atomic E-state index is 6.03. The minimum Gasteiger partial charge on any atom is -0.493 e. The van der Waals surface area contributed by atoms with Crippen molar-refractivity contribution in [3.63, 3.8) is 0 Å². The summed E-state index contributed by atoms with van der Waals surface area (Å²) in [6.07, 6.45) is 1.59. The summed E-state index contributed by atoms with van der Waals surface area (Å²) in [7, 11) is 2.03. The molecule has 1 heterocycles. The monoisotopic (exact) mass is 291 g/mol. The van der Waals surface area contributed by atoms with E-state index in [0.717, 1.165) is 18.8 Å². The van der Waals surface area contributed by atoms with Crippen molar-refractivity contribution in [1.82, 2.24) is 5.32 Å². The number of hydrogen-bond acceptors (Lipinski definition) is 3. The van der Waals surface area contributed by atoms with E-state index in [1.54, 1.807) is 0 Å². The first-order valence-corrected chi connectivity index (χ1v) is 8.14. The van der Waals surface area contributed by atoms with Crippen molar-refractivity contribution in [2.75, 3.05) is 13.7 Å². The standard InChI is InChI=1S/C18H29NO2/c1-6-11-20-16-10-8-7-9-15(16)18(19-5)17-12(2)13(3)21-14(17)4/h7-10,12-14,17-19H,6,11H2,1-5H3. The van der Waals surface area contributed by atoms with Crippen LogP contribution in [-0.2, 0) is 4.74 Å². The number of benzene rings is 1. The van der Waals surface area contributed by atoms with Gasteiger partial charge < -0.3 is 14.8 Å². The van der Waals surface area contributed by atoms with Crippen molar-refractivity contribution in [3.05, 3.63) is 29.8 Å². The molecular formula is C18H29NO2.